The molecular weight excluding hydrogens is 596 g/mol. The Morgan fingerprint density at radius 2 is 1.95 bits per heavy atom. The number of nitrogens with two attached hydrogens (primary N) is 1. The minimum Gasteiger partial charge on any atom is -0.466 e. The van der Waals surface area contributed by atoms with Gasteiger partial charge in [0.05, 0.1) is 24.3 Å². The Morgan fingerprint density at radius 3 is 2.63 bits per heavy atom. The van der Waals surface area contributed by atoms with Crippen LogP contribution in [0, 0.1) is 11.3 Å². The van der Waals surface area contributed by atoms with Gasteiger partial charge in [0.15, 0.2) is 5.96 Å². The minimum absolute atomic E-state index is 0. The number of likely N-dealkylation sites (tertiary alicyclic amines) is 1. The van der Waals surface area contributed by atoms with Crippen LogP contribution < -0.4 is 15.8 Å². The molecule has 0 radical (unpaired) electrons. The maximum absolute atomic E-state index is 13.7. The standard InChI is InChI=1S/C29H40N6O6S.ClH/c1-3-14-34(16-13-27(37)41-4-2)28(38)25(18-26(36)32-19-21-8-7-15-35(20-21)29(30)31)33-42(39,40)24-12-11-22-9-5-6-10-23(22)17-24;/h3,5-6,9-12,17,21,25,33H,1,4,7-8,13-16,18-20H2,2H3,(H3,30,31)(H,32,36);1H/t21-,25-;/m0./s1. The van der Waals surface area contributed by atoms with Crippen LogP contribution in [0.1, 0.15) is 32.6 Å². The largest absolute Gasteiger partial charge is 0.466 e. The first-order valence-electron chi connectivity index (χ1n) is 14.0. The molecule has 236 valence electrons. The van der Waals surface area contributed by atoms with Gasteiger partial charge in [-0.2, -0.15) is 4.72 Å². The van der Waals surface area contributed by atoms with E-state index in [1.54, 1.807) is 30.0 Å². The number of piperidine rings is 1. The summed E-state index contributed by atoms with van der Waals surface area (Å²) < 4.78 is 34.3. The molecule has 3 rings (SSSR count). The molecule has 2 atom stereocenters. The summed E-state index contributed by atoms with van der Waals surface area (Å²) in [5, 5.41) is 12.0. The van der Waals surface area contributed by atoms with Crippen molar-refractivity contribution >= 4 is 56.9 Å². The summed E-state index contributed by atoms with van der Waals surface area (Å²) in [6.45, 7) is 7.01. The highest BCUT2D eigenvalue weighted by Crippen LogP contribution is 2.20. The van der Waals surface area contributed by atoms with Gasteiger partial charge in [0.1, 0.15) is 6.04 Å². The highest BCUT2D eigenvalue weighted by atomic mass is 35.5. The summed E-state index contributed by atoms with van der Waals surface area (Å²) in [6, 6.07) is 10.5. The van der Waals surface area contributed by atoms with E-state index in [-0.39, 0.29) is 55.3 Å². The van der Waals surface area contributed by atoms with Gasteiger partial charge in [-0.25, -0.2) is 8.42 Å². The van der Waals surface area contributed by atoms with E-state index in [4.69, 9.17) is 15.9 Å². The molecule has 0 spiro atoms. The van der Waals surface area contributed by atoms with Gasteiger partial charge in [-0.05, 0) is 48.6 Å². The summed E-state index contributed by atoms with van der Waals surface area (Å²) in [6.07, 6.45) is 2.56. The van der Waals surface area contributed by atoms with E-state index in [1.165, 1.54) is 23.1 Å². The molecule has 1 aliphatic heterocycles. The molecular formula is C29H41ClN6O6S. The van der Waals surface area contributed by atoms with E-state index < -0.39 is 40.3 Å². The Kier molecular flexibility index (Phi) is 13.9. The summed E-state index contributed by atoms with van der Waals surface area (Å²) in [7, 11) is -4.22. The van der Waals surface area contributed by atoms with Crippen molar-refractivity contribution in [1.29, 1.82) is 5.41 Å². The van der Waals surface area contributed by atoms with E-state index in [1.807, 2.05) is 12.1 Å². The second kappa shape index (κ2) is 16.8. The van der Waals surface area contributed by atoms with Crippen LogP contribution in [0.15, 0.2) is 60.0 Å². The van der Waals surface area contributed by atoms with Crippen molar-refractivity contribution in [2.45, 2.75) is 43.5 Å². The monoisotopic (exact) mass is 636 g/mol. The number of carbonyl (C=O) groups is 3. The minimum atomic E-state index is -4.22. The number of sulfonamides is 1. The van der Waals surface area contributed by atoms with Gasteiger partial charge in [-0.1, -0.05) is 36.4 Å². The van der Waals surface area contributed by atoms with E-state index in [2.05, 4.69) is 16.6 Å². The van der Waals surface area contributed by atoms with E-state index in [9.17, 15) is 22.8 Å². The summed E-state index contributed by atoms with van der Waals surface area (Å²) in [5.41, 5.74) is 5.61. The first-order valence-corrected chi connectivity index (χ1v) is 15.4. The molecule has 2 amide bonds. The molecule has 5 N–H and O–H groups in total. The summed E-state index contributed by atoms with van der Waals surface area (Å²) in [4.78, 5) is 41.6. The SMILES string of the molecule is C=CCN(CCC(=O)OCC)C(=O)[C@H](CC(=O)NC[C@@H]1CCCN(C(=N)N)C1)NS(=O)(=O)c1ccc2ccccc2c1.Cl. The van der Waals surface area contributed by atoms with Crippen molar-refractivity contribution in [3.63, 3.8) is 0 Å². The smallest absolute Gasteiger partial charge is 0.307 e. The third-order valence-electron chi connectivity index (χ3n) is 7.02. The molecule has 0 aromatic heterocycles. The fourth-order valence-electron chi connectivity index (χ4n) is 4.86. The van der Waals surface area contributed by atoms with Crippen LogP contribution in [0.5, 0.6) is 0 Å². The zero-order valence-corrected chi connectivity index (χ0v) is 25.9. The average molecular weight is 637 g/mol. The molecule has 2 aromatic rings. The number of benzene rings is 2. The van der Waals surface area contributed by atoms with Crippen LogP contribution in [0.2, 0.25) is 0 Å². The van der Waals surface area contributed by atoms with Crippen molar-refractivity contribution in [3.05, 3.63) is 55.1 Å². The molecule has 1 heterocycles. The van der Waals surface area contributed by atoms with Gasteiger partial charge < -0.3 is 25.6 Å². The average Bonchev–Trinajstić information content (AvgIpc) is 2.97. The predicted octanol–water partition coefficient (Wildman–Crippen LogP) is 1.99. The van der Waals surface area contributed by atoms with Crippen LogP contribution in [-0.4, -0.2) is 87.3 Å². The molecule has 0 bridgehead atoms. The molecule has 2 aromatic carbocycles. The summed E-state index contributed by atoms with van der Waals surface area (Å²) in [5.74, 6) is -1.66. The van der Waals surface area contributed by atoms with Gasteiger partial charge in [-0.3, -0.25) is 19.8 Å². The number of rotatable bonds is 14. The Labute approximate surface area is 259 Å². The lowest BCUT2D eigenvalue weighted by molar-refractivity contribution is -0.144. The molecule has 1 saturated heterocycles. The molecule has 0 unspecified atom stereocenters. The first-order chi connectivity index (χ1) is 20.0. The molecule has 14 heteroatoms. The summed E-state index contributed by atoms with van der Waals surface area (Å²) >= 11 is 0. The van der Waals surface area contributed by atoms with Crippen molar-refractivity contribution in [3.8, 4) is 0 Å². The second-order valence-electron chi connectivity index (χ2n) is 10.2. The fraction of sp³-hybridized carbons (Fsp3) is 0.448. The predicted molar refractivity (Wildman–Crippen MR) is 167 cm³/mol. The third kappa shape index (κ3) is 10.5. The quantitative estimate of drug-likeness (QED) is 0.105. The van der Waals surface area contributed by atoms with Crippen molar-refractivity contribution in [1.82, 2.24) is 19.8 Å². The third-order valence-corrected chi connectivity index (χ3v) is 8.49. The highest BCUT2D eigenvalue weighted by Gasteiger charge is 2.32. The van der Waals surface area contributed by atoms with Gasteiger partial charge in [0.25, 0.3) is 0 Å². The molecule has 0 saturated carbocycles. The Bertz CT molecular complexity index is 1400. The number of esters is 1. The lowest BCUT2D eigenvalue weighted by Crippen LogP contribution is -2.51. The molecule has 1 aliphatic rings. The number of hydrogen-bond donors (Lipinski definition) is 4. The lowest BCUT2D eigenvalue weighted by atomic mass is 9.98. The van der Waals surface area contributed by atoms with Crippen LogP contribution in [0.3, 0.4) is 0 Å². The van der Waals surface area contributed by atoms with Crippen LogP contribution in [-0.2, 0) is 29.1 Å². The molecule has 1 fully saturated rings. The molecule has 0 aliphatic carbocycles. The number of nitrogens with zero attached hydrogens (tertiary/aromatic N) is 2. The Morgan fingerprint density at radius 1 is 1.23 bits per heavy atom. The maximum atomic E-state index is 13.7. The maximum Gasteiger partial charge on any atom is 0.307 e. The van der Waals surface area contributed by atoms with Crippen LogP contribution in [0.25, 0.3) is 10.8 Å². The van der Waals surface area contributed by atoms with E-state index in [0.717, 1.165) is 18.2 Å². The zero-order valence-electron chi connectivity index (χ0n) is 24.3. The van der Waals surface area contributed by atoms with Crippen LogP contribution in [0.4, 0.5) is 0 Å². The topological polar surface area (TPSA) is 175 Å². The van der Waals surface area contributed by atoms with Crippen molar-refractivity contribution < 1.29 is 27.5 Å². The first kappa shape index (κ1) is 35.5. The van der Waals surface area contributed by atoms with E-state index >= 15 is 0 Å². The van der Waals surface area contributed by atoms with Crippen molar-refractivity contribution in [2.75, 3.05) is 39.3 Å². The molecule has 43 heavy (non-hydrogen) atoms. The fourth-order valence-corrected chi connectivity index (χ4v) is 6.09. The molecule has 12 nitrogen and oxygen atoms in total. The van der Waals surface area contributed by atoms with Crippen molar-refractivity contribution in [2.24, 2.45) is 11.7 Å². The van der Waals surface area contributed by atoms with Gasteiger partial charge >= 0.3 is 5.97 Å². The van der Waals surface area contributed by atoms with E-state index in [0.29, 0.717) is 25.0 Å². The number of amides is 2. The van der Waals surface area contributed by atoms with Gasteiger partial charge in [-0.15, -0.1) is 19.0 Å². The number of carbonyl (C=O) groups excluding carboxylic acids is 3. The Balaban J connectivity index is 0.00000645. The van der Waals surface area contributed by atoms with Crippen LogP contribution >= 0.6 is 12.4 Å². The number of ether oxygens (including phenoxy) is 1. The number of halogens is 1. The zero-order chi connectivity index (χ0) is 30.7. The number of guanidine groups is 1. The van der Waals surface area contributed by atoms with Gasteiger partial charge in [0.2, 0.25) is 21.8 Å². The Hall–Kier alpha value is -3.68. The number of nitrogens with one attached hydrogen (secondary N) is 3. The lowest BCUT2D eigenvalue weighted by Gasteiger charge is -2.33. The normalized spacial score (nSPS) is 15.6. The number of hydrogen-bond acceptors (Lipinski definition) is 7. The number of fused-ring (bicyclic) bond motifs is 1. The van der Waals surface area contributed by atoms with Gasteiger partial charge in [0, 0.05) is 32.7 Å². The second-order valence-corrected chi connectivity index (χ2v) is 11.9. The highest BCUT2D eigenvalue weighted by molar-refractivity contribution is 7.89.